The molecule has 0 aliphatic rings. The number of hydrogen-bond acceptors (Lipinski definition) is 3. The summed E-state index contributed by atoms with van der Waals surface area (Å²) in [5, 5.41) is 19.9. The fraction of sp³-hybridized carbons (Fsp3) is 0. The summed E-state index contributed by atoms with van der Waals surface area (Å²) in [5.74, 6) is 0.0485. The van der Waals surface area contributed by atoms with Crippen LogP contribution in [0, 0.1) is 0 Å². The molecule has 1 aromatic heterocycles. The fourth-order valence-corrected chi connectivity index (χ4v) is 2.07. The Labute approximate surface area is 119 Å². The molecule has 1 amide bonds. The molecule has 3 rings (SSSR count). The van der Waals surface area contributed by atoms with Gasteiger partial charge in [0.2, 0.25) is 0 Å². The van der Waals surface area contributed by atoms with Gasteiger partial charge in [0.05, 0.1) is 10.5 Å². The highest BCUT2D eigenvalue weighted by Crippen LogP contribution is 2.25. The molecule has 2 aromatic carbocycles. The number of nitrogens with one attached hydrogen (secondary N) is 2. The number of phenolic OH excluding ortho intramolecular Hbond substituents is 1. The number of aromatic hydroxyl groups is 1. The Balaban J connectivity index is 1.90. The molecule has 0 atom stereocenters. The molecule has 0 spiro atoms. The first-order chi connectivity index (χ1) is 9.65. The summed E-state index contributed by atoms with van der Waals surface area (Å²) >= 11 is 5.78. The largest absolute Gasteiger partial charge is 0.506 e. The smallest absolute Gasteiger partial charge is 0.256 e. The number of hydrogen-bond donors (Lipinski definition) is 3. The normalized spacial score (nSPS) is 10.7. The van der Waals surface area contributed by atoms with E-state index in [9.17, 15) is 9.90 Å². The number of halogens is 1. The highest BCUT2D eigenvalue weighted by atomic mass is 35.5. The molecule has 1 heterocycles. The van der Waals surface area contributed by atoms with Crippen molar-refractivity contribution in [3.05, 3.63) is 53.1 Å². The van der Waals surface area contributed by atoms with Crippen molar-refractivity contribution in [1.82, 2.24) is 10.2 Å². The highest BCUT2D eigenvalue weighted by Gasteiger charge is 2.12. The zero-order valence-corrected chi connectivity index (χ0v) is 11.0. The summed E-state index contributed by atoms with van der Waals surface area (Å²) < 4.78 is 0. The molecule has 3 N–H and O–H groups in total. The summed E-state index contributed by atoms with van der Waals surface area (Å²) in [4.78, 5) is 12.1. The summed E-state index contributed by atoms with van der Waals surface area (Å²) in [7, 11) is 0. The number of aromatic nitrogens is 2. The van der Waals surface area contributed by atoms with Crippen molar-refractivity contribution in [2.24, 2.45) is 0 Å². The Morgan fingerprint density at radius 2 is 2.05 bits per heavy atom. The lowest BCUT2D eigenvalue weighted by Gasteiger charge is -2.04. The second-order valence-electron chi connectivity index (χ2n) is 4.24. The first-order valence-electron chi connectivity index (χ1n) is 5.88. The number of aromatic amines is 1. The summed E-state index contributed by atoms with van der Waals surface area (Å²) in [6, 6.07) is 11.7. The second kappa shape index (κ2) is 4.86. The van der Waals surface area contributed by atoms with Gasteiger partial charge in [0, 0.05) is 10.9 Å². The van der Waals surface area contributed by atoms with E-state index in [1.54, 1.807) is 0 Å². The molecule has 100 valence electrons. The number of H-pyrrole nitrogens is 1. The van der Waals surface area contributed by atoms with E-state index in [4.69, 9.17) is 11.6 Å². The maximum Gasteiger partial charge on any atom is 0.256 e. The lowest BCUT2D eigenvalue weighted by molar-refractivity contribution is 0.102. The monoisotopic (exact) mass is 287 g/mol. The van der Waals surface area contributed by atoms with Crippen LogP contribution in [0.4, 0.5) is 5.82 Å². The van der Waals surface area contributed by atoms with Crippen molar-refractivity contribution in [3.63, 3.8) is 0 Å². The molecule has 0 saturated heterocycles. The predicted octanol–water partition coefficient (Wildman–Crippen LogP) is 3.17. The lowest BCUT2D eigenvalue weighted by atomic mass is 10.2. The third kappa shape index (κ3) is 2.19. The summed E-state index contributed by atoms with van der Waals surface area (Å²) in [6.45, 7) is 0. The third-order valence-corrected chi connectivity index (χ3v) is 3.21. The van der Waals surface area contributed by atoms with Gasteiger partial charge in [-0.25, -0.2) is 0 Å². The number of para-hydroxylation sites is 1. The minimum Gasteiger partial charge on any atom is -0.506 e. The van der Waals surface area contributed by atoms with Gasteiger partial charge in [0.25, 0.3) is 5.91 Å². The van der Waals surface area contributed by atoms with Crippen LogP contribution >= 0.6 is 11.6 Å². The zero-order valence-electron chi connectivity index (χ0n) is 10.2. The fourth-order valence-electron chi connectivity index (χ4n) is 1.89. The summed E-state index contributed by atoms with van der Waals surface area (Å²) in [6.07, 6.45) is 0. The van der Waals surface area contributed by atoms with Crippen LogP contribution in [0.3, 0.4) is 0 Å². The minimum atomic E-state index is -0.343. The maximum absolute atomic E-state index is 12.1. The van der Waals surface area contributed by atoms with Crippen molar-refractivity contribution < 1.29 is 9.90 Å². The van der Waals surface area contributed by atoms with E-state index >= 15 is 0 Å². The Kier molecular flexibility index (Phi) is 3.04. The van der Waals surface area contributed by atoms with Gasteiger partial charge in [-0.15, -0.1) is 0 Å². The number of fused-ring (bicyclic) bond motifs is 1. The lowest BCUT2D eigenvalue weighted by Crippen LogP contribution is -2.12. The van der Waals surface area contributed by atoms with E-state index in [1.165, 1.54) is 18.2 Å². The molecule has 3 aromatic rings. The average Bonchev–Trinajstić information content (AvgIpc) is 2.85. The van der Waals surface area contributed by atoms with Crippen LogP contribution < -0.4 is 5.32 Å². The molecule has 6 heteroatoms. The van der Waals surface area contributed by atoms with Crippen LogP contribution in [0.5, 0.6) is 5.75 Å². The van der Waals surface area contributed by atoms with Crippen LogP contribution in [0.15, 0.2) is 42.5 Å². The molecule has 0 fully saturated rings. The Hall–Kier alpha value is -2.53. The van der Waals surface area contributed by atoms with Crippen molar-refractivity contribution >= 4 is 34.2 Å². The molecule has 0 aliphatic carbocycles. The van der Waals surface area contributed by atoms with Crippen molar-refractivity contribution in [2.75, 3.05) is 5.32 Å². The quantitative estimate of drug-likeness (QED) is 0.677. The van der Waals surface area contributed by atoms with E-state index < -0.39 is 0 Å². The number of carbonyl (C=O) groups excluding carboxylic acids is 1. The van der Waals surface area contributed by atoms with Crippen molar-refractivity contribution in [2.45, 2.75) is 0 Å². The molecule has 0 unspecified atom stereocenters. The Morgan fingerprint density at radius 3 is 2.85 bits per heavy atom. The van der Waals surface area contributed by atoms with E-state index in [0.717, 1.165) is 10.9 Å². The first-order valence-corrected chi connectivity index (χ1v) is 6.26. The van der Waals surface area contributed by atoms with Gasteiger partial charge < -0.3 is 10.4 Å². The van der Waals surface area contributed by atoms with Gasteiger partial charge >= 0.3 is 0 Å². The van der Waals surface area contributed by atoms with E-state index in [2.05, 4.69) is 15.5 Å². The zero-order chi connectivity index (χ0) is 14.1. The van der Waals surface area contributed by atoms with E-state index in [1.807, 2.05) is 24.3 Å². The van der Waals surface area contributed by atoms with Crippen LogP contribution in [0.1, 0.15) is 10.4 Å². The number of amides is 1. The molecule has 0 saturated carbocycles. The Bertz CT molecular complexity index is 798. The van der Waals surface area contributed by atoms with Gasteiger partial charge in [0.1, 0.15) is 5.75 Å². The molecule has 5 nitrogen and oxygen atoms in total. The number of benzene rings is 2. The maximum atomic E-state index is 12.1. The minimum absolute atomic E-state index is 0.0616. The third-order valence-electron chi connectivity index (χ3n) is 2.91. The van der Waals surface area contributed by atoms with Gasteiger partial charge in [-0.3, -0.25) is 9.89 Å². The second-order valence-corrected chi connectivity index (χ2v) is 4.65. The number of carbonyl (C=O) groups is 1. The average molecular weight is 288 g/mol. The molecule has 20 heavy (non-hydrogen) atoms. The number of phenols is 1. The SMILES string of the molecule is O=C(Nc1n[nH]c2ccccc12)c1ccc(O)c(Cl)c1. The van der Waals surface area contributed by atoms with Crippen LogP contribution in [0.25, 0.3) is 10.9 Å². The van der Waals surface area contributed by atoms with Gasteiger partial charge in [-0.05, 0) is 30.3 Å². The molecule has 0 radical (unpaired) electrons. The molecular formula is C14H10ClN3O2. The van der Waals surface area contributed by atoms with Gasteiger partial charge in [-0.2, -0.15) is 5.10 Å². The summed E-state index contributed by atoms with van der Waals surface area (Å²) in [5.41, 5.74) is 1.19. The predicted molar refractivity (Wildman–Crippen MR) is 77.2 cm³/mol. The van der Waals surface area contributed by atoms with Gasteiger partial charge in [0.15, 0.2) is 5.82 Å². The van der Waals surface area contributed by atoms with Crippen molar-refractivity contribution in [1.29, 1.82) is 0 Å². The number of rotatable bonds is 2. The molecular weight excluding hydrogens is 278 g/mol. The van der Waals surface area contributed by atoms with Crippen molar-refractivity contribution in [3.8, 4) is 5.75 Å². The standard InChI is InChI=1S/C14H10ClN3O2/c15-10-7-8(5-6-12(10)19)14(20)16-13-9-3-1-2-4-11(9)17-18-13/h1-7,19H,(H2,16,17,18,20). The number of nitrogens with zero attached hydrogens (tertiary/aromatic N) is 1. The van der Waals surface area contributed by atoms with E-state index in [0.29, 0.717) is 11.4 Å². The molecule has 0 bridgehead atoms. The Morgan fingerprint density at radius 1 is 1.25 bits per heavy atom. The topological polar surface area (TPSA) is 78.0 Å². The van der Waals surface area contributed by atoms with E-state index in [-0.39, 0.29) is 16.7 Å². The highest BCUT2D eigenvalue weighted by molar-refractivity contribution is 6.32. The van der Waals surface area contributed by atoms with Gasteiger partial charge in [-0.1, -0.05) is 23.7 Å². The van der Waals surface area contributed by atoms with Crippen LogP contribution in [-0.4, -0.2) is 21.2 Å². The number of anilines is 1. The van der Waals surface area contributed by atoms with Crippen LogP contribution in [0.2, 0.25) is 5.02 Å². The molecule has 0 aliphatic heterocycles. The first kappa shape index (κ1) is 12.5. The van der Waals surface area contributed by atoms with Crippen LogP contribution in [-0.2, 0) is 0 Å².